The van der Waals surface area contributed by atoms with Crippen LogP contribution in [0.4, 0.5) is 0 Å². The Balaban J connectivity index is 0.00000124. The minimum Gasteiger partial charge on any atom is -0.391 e. The highest BCUT2D eigenvalue weighted by Crippen LogP contribution is 2.58. The molecule has 4 nitrogen and oxygen atoms in total. The number of ether oxygens (including phenoxy) is 2. The van der Waals surface area contributed by atoms with Crippen LogP contribution in [0.3, 0.4) is 0 Å². The van der Waals surface area contributed by atoms with E-state index in [0.717, 1.165) is 12.8 Å². The van der Waals surface area contributed by atoms with Crippen molar-refractivity contribution in [3.63, 3.8) is 0 Å². The van der Waals surface area contributed by atoms with Crippen molar-refractivity contribution in [3.8, 4) is 0 Å². The summed E-state index contributed by atoms with van der Waals surface area (Å²) in [6, 6.07) is 0. The molecule has 4 rings (SSSR count). The van der Waals surface area contributed by atoms with Gasteiger partial charge in [-0.2, -0.15) is 0 Å². The molecule has 5 unspecified atom stereocenters. The van der Waals surface area contributed by atoms with Crippen molar-refractivity contribution < 1.29 is 19.7 Å². The Labute approximate surface area is 183 Å². The molecule has 170 valence electrons. The van der Waals surface area contributed by atoms with E-state index < -0.39 is 18.5 Å². The zero-order chi connectivity index (χ0) is 22.1. The molecule has 0 amide bonds. The minimum atomic E-state index is -0.769. The van der Waals surface area contributed by atoms with E-state index in [-0.39, 0.29) is 12.7 Å². The summed E-state index contributed by atoms with van der Waals surface area (Å²) in [4.78, 5) is 0. The third-order valence-electron chi connectivity index (χ3n) is 7.37. The number of aliphatic hydroxyl groups excluding tert-OH is 2. The normalized spacial score (nSPS) is 38.8. The highest BCUT2D eigenvalue weighted by Gasteiger charge is 2.47. The van der Waals surface area contributed by atoms with Crippen LogP contribution >= 0.6 is 0 Å². The van der Waals surface area contributed by atoms with Gasteiger partial charge in [0.2, 0.25) is 0 Å². The van der Waals surface area contributed by atoms with Crippen LogP contribution < -0.4 is 0 Å². The van der Waals surface area contributed by atoms with Gasteiger partial charge in [0, 0.05) is 12.3 Å². The summed E-state index contributed by atoms with van der Waals surface area (Å²) < 4.78 is 12.1. The average molecular weight is 419 g/mol. The second-order valence-electron chi connectivity index (χ2n) is 9.93. The first-order valence-corrected chi connectivity index (χ1v) is 12.0. The van der Waals surface area contributed by atoms with Crippen molar-refractivity contribution in [2.24, 2.45) is 17.3 Å². The average Bonchev–Trinajstić information content (AvgIpc) is 2.98. The van der Waals surface area contributed by atoms with Gasteiger partial charge in [-0.15, -0.1) is 0 Å². The number of hydrogen-bond acceptors (Lipinski definition) is 4. The van der Waals surface area contributed by atoms with E-state index in [9.17, 15) is 10.2 Å². The first-order chi connectivity index (χ1) is 14.3. The monoisotopic (exact) mass is 418 g/mol. The number of rotatable bonds is 3. The Bertz CT molecular complexity index is 704. The predicted octanol–water partition coefficient (Wildman–Crippen LogP) is 5.31. The van der Waals surface area contributed by atoms with Gasteiger partial charge >= 0.3 is 0 Å². The first-order valence-electron chi connectivity index (χ1n) is 12.0. The highest BCUT2D eigenvalue weighted by molar-refractivity contribution is 5.50. The molecule has 1 saturated carbocycles. The summed E-state index contributed by atoms with van der Waals surface area (Å²) in [6.07, 6.45) is 8.58. The SMILES string of the molecule is CC.CC1=CC=C2C3=C(C(C)C)CCC3(C)CCC2C(O[C@@H]2OCC(O)CC2O)C1. The van der Waals surface area contributed by atoms with Crippen molar-refractivity contribution in [2.45, 2.75) is 105 Å². The second-order valence-corrected chi connectivity index (χ2v) is 9.93. The maximum absolute atomic E-state index is 10.4. The van der Waals surface area contributed by atoms with Gasteiger partial charge in [-0.05, 0) is 61.5 Å². The Kier molecular flexibility index (Phi) is 7.66. The van der Waals surface area contributed by atoms with E-state index >= 15 is 0 Å². The van der Waals surface area contributed by atoms with Gasteiger partial charge in [-0.1, -0.05) is 57.9 Å². The largest absolute Gasteiger partial charge is 0.391 e. The summed E-state index contributed by atoms with van der Waals surface area (Å²) in [7, 11) is 0. The summed E-state index contributed by atoms with van der Waals surface area (Å²) in [5.74, 6) is 0.917. The van der Waals surface area contributed by atoms with Crippen LogP contribution in [0.25, 0.3) is 0 Å². The Hall–Kier alpha value is -0.940. The summed E-state index contributed by atoms with van der Waals surface area (Å²) in [5.41, 5.74) is 6.29. The molecule has 0 aromatic heterocycles. The quantitative estimate of drug-likeness (QED) is 0.652. The van der Waals surface area contributed by atoms with Crippen LogP contribution in [0.1, 0.15) is 80.1 Å². The molecule has 2 N–H and O–H groups in total. The number of hydrogen-bond donors (Lipinski definition) is 2. The minimum absolute atomic E-state index is 0.00551. The lowest BCUT2D eigenvalue weighted by atomic mass is 9.64. The Morgan fingerprint density at radius 1 is 1.17 bits per heavy atom. The fraction of sp³-hybridized carbons (Fsp3) is 0.769. The zero-order valence-corrected chi connectivity index (χ0v) is 19.8. The summed E-state index contributed by atoms with van der Waals surface area (Å²) in [6.45, 7) is 13.5. The Morgan fingerprint density at radius 2 is 1.90 bits per heavy atom. The molecule has 1 saturated heterocycles. The molecule has 1 heterocycles. The smallest absolute Gasteiger partial charge is 0.183 e. The van der Waals surface area contributed by atoms with Crippen LogP contribution in [-0.2, 0) is 9.47 Å². The molecule has 0 bridgehead atoms. The van der Waals surface area contributed by atoms with Crippen LogP contribution in [0, 0.1) is 17.3 Å². The first kappa shape index (κ1) is 23.7. The number of fused-ring (bicyclic) bond motifs is 3. The maximum atomic E-state index is 10.4. The zero-order valence-electron chi connectivity index (χ0n) is 19.8. The van der Waals surface area contributed by atoms with Crippen molar-refractivity contribution >= 4 is 0 Å². The van der Waals surface area contributed by atoms with Gasteiger partial charge in [0.15, 0.2) is 6.29 Å². The standard InChI is InChI=1S/C24H36O4.C2H6/c1-14(2)17-7-9-24(4)10-8-18-19(22(17)24)6-5-15(3)11-21(18)28-23-20(26)12-16(25)13-27-23;1-2/h5-6,14,16,18,20-21,23,25-26H,7-13H2,1-4H3;1-2H3/t16?,18?,20?,21?,23-,24?;/m0./s1. The summed E-state index contributed by atoms with van der Waals surface area (Å²) >= 11 is 0. The van der Waals surface area contributed by atoms with Gasteiger partial charge in [0.1, 0.15) is 6.10 Å². The van der Waals surface area contributed by atoms with Crippen molar-refractivity contribution in [1.29, 1.82) is 0 Å². The van der Waals surface area contributed by atoms with Gasteiger partial charge in [0.25, 0.3) is 0 Å². The van der Waals surface area contributed by atoms with Crippen LogP contribution in [-0.4, -0.2) is 41.4 Å². The topological polar surface area (TPSA) is 58.9 Å². The van der Waals surface area contributed by atoms with Crippen molar-refractivity contribution in [3.05, 3.63) is 34.4 Å². The van der Waals surface area contributed by atoms with Gasteiger partial charge < -0.3 is 19.7 Å². The van der Waals surface area contributed by atoms with Crippen LogP contribution in [0.15, 0.2) is 34.4 Å². The molecule has 1 aliphatic heterocycles. The third kappa shape index (κ3) is 4.62. The maximum Gasteiger partial charge on any atom is 0.183 e. The lowest BCUT2D eigenvalue weighted by Crippen LogP contribution is -2.46. The molecule has 3 aliphatic carbocycles. The molecular formula is C26H42O4. The lowest BCUT2D eigenvalue weighted by molar-refractivity contribution is -0.257. The van der Waals surface area contributed by atoms with Gasteiger partial charge in [-0.3, -0.25) is 0 Å². The predicted molar refractivity (Wildman–Crippen MR) is 121 cm³/mol. The molecular weight excluding hydrogens is 376 g/mol. The van der Waals surface area contributed by atoms with E-state index in [1.54, 1.807) is 11.1 Å². The van der Waals surface area contributed by atoms with E-state index in [4.69, 9.17) is 9.47 Å². The summed E-state index contributed by atoms with van der Waals surface area (Å²) in [5, 5.41) is 20.1. The molecule has 4 heteroatoms. The molecule has 2 fully saturated rings. The number of aliphatic hydroxyl groups is 2. The van der Waals surface area contributed by atoms with E-state index in [2.05, 4.69) is 39.8 Å². The fourth-order valence-corrected chi connectivity index (χ4v) is 5.80. The Morgan fingerprint density at radius 3 is 2.57 bits per heavy atom. The third-order valence-corrected chi connectivity index (χ3v) is 7.37. The van der Waals surface area contributed by atoms with Crippen LogP contribution in [0.2, 0.25) is 0 Å². The molecule has 6 atom stereocenters. The molecule has 0 radical (unpaired) electrons. The van der Waals surface area contributed by atoms with E-state index in [1.165, 1.54) is 30.4 Å². The molecule has 30 heavy (non-hydrogen) atoms. The lowest BCUT2D eigenvalue weighted by Gasteiger charge is -2.43. The highest BCUT2D eigenvalue weighted by atomic mass is 16.7. The van der Waals surface area contributed by atoms with Gasteiger partial charge in [-0.25, -0.2) is 0 Å². The second kappa shape index (κ2) is 9.68. The molecule has 0 aromatic rings. The van der Waals surface area contributed by atoms with E-state index in [1.807, 2.05) is 13.8 Å². The molecule has 0 spiro atoms. The van der Waals surface area contributed by atoms with Crippen molar-refractivity contribution in [2.75, 3.05) is 6.61 Å². The van der Waals surface area contributed by atoms with E-state index in [0.29, 0.717) is 23.7 Å². The van der Waals surface area contributed by atoms with Crippen LogP contribution in [0.5, 0.6) is 0 Å². The molecule has 0 aromatic carbocycles. The number of allylic oxidation sites excluding steroid dienone is 4. The van der Waals surface area contributed by atoms with Gasteiger partial charge in [0.05, 0.1) is 18.8 Å². The molecule has 4 aliphatic rings. The van der Waals surface area contributed by atoms with Crippen molar-refractivity contribution in [1.82, 2.24) is 0 Å². The fourth-order valence-electron chi connectivity index (χ4n) is 5.80.